The Morgan fingerprint density at radius 3 is 2.52 bits per heavy atom. The molecule has 5 heteroatoms. The molecule has 2 heterocycles. The second-order valence-electron chi connectivity index (χ2n) is 5.14. The van der Waals surface area contributed by atoms with Gasteiger partial charge in [0.15, 0.2) is 0 Å². The van der Waals surface area contributed by atoms with E-state index in [9.17, 15) is 9.59 Å². The van der Waals surface area contributed by atoms with Crippen molar-refractivity contribution >= 4 is 11.8 Å². The van der Waals surface area contributed by atoms with Crippen molar-refractivity contribution in [2.24, 2.45) is 0 Å². The molecular formula is C16H17N3O2. The summed E-state index contributed by atoms with van der Waals surface area (Å²) in [6, 6.07) is 9.88. The van der Waals surface area contributed by atoms with Crippen LogP contribution in [0.2, 0.25) is 0 Å². The Morgan fingerprint density at radius 1 is 1.10 bits per heavy atom. The first-order valence-corrected chi connectivity index (χ1v) is 7.16. The van der Waals surface area contributed by atoms with Crippen LogP contribution in [0.1, 0.15) is 25.0 Å². The molecule has 1 aliphatic rings. The van der Waals surface area contributed by atoms with E-state index in [0.29, 0.717) is 32.2 Å². The number of H-pyrrole nitrogens is 1. The van der Waals surface area contributed by atoms with Gasteiger partial charge in [-0.3, -0.25) is 14.5 Å². The monoisotopic (exact) mass is 283 g/mol. The number of carbonyl (C=O) groups is 2. The molecule has 1 aromatic heterocycles. The van der Waals surface area contributed by atoms with E-state index in [1.54, 1.807) is 6.33 Å². The van der Waals surface area contributed by atoms with E-state index >= 15 is 0 Å². The van der Waals surface area contributed by atoms with Gasteiger partial charge in [0.25, 0.3) is 0 Å². The van der Waals surface area contributed by atoms with E-state index in [1.165, 1.54) is 4.90 Å². The number of nitrogens with zero attached hydrogens (tertiary/aromatic N) is 2. The number of hydrogen-bond donors (Lipinski definition) is 1. The molecule has 0 atom stereocenters. The maximum absolute atomic E-state index is 11.8. The van der Waals surface area contributed by atoms with Crippen molar-refractivity contribution in [3.8, 4) is 11.3 Å². The van der Waals surface area contributed by atoms with Crippen LogP contribution in [0.15, 0.2) is 36.7 Å². The zero-order chi connectivity index (χ0) is 14.7. The third kappa shape index (κ3) is 2.86. The van der Waals surface area contributed by atoms with Crippen molar-refractivity contribution in [1.29, 1.82) is 0 Å². The normalized spacial score (nSPS) is 15.5. The Morgan fingerprint density at radius 2 is 1.81 bits per heavy atom. The number of nitrogens with one attached hydrogen (secondary N) is 1. The summed E-state index contributed by atoms with van der Waals surface area (Å²) in [6.45, 7) is 0.416. The number of aromatic amines is 1. The summed E-state index contributed by atoms with van der Waals surface area (Å²) in [7, 11) is 0. The molecule has 5 nitrogen and oxygen atoms in total. The molecule has 3 rings (SSSR count). The van der Waals surface area contributed by atoms with Gasteiger partial charge in [-0.15, -0.1) is 0 Å². The molecule has 1 N–H and O–H groups in total. The van der Waals surface area contributed by atoms with Crippen LogP contribution >= 0.6 is 0 Å². The number of imidazole rings is 1. The average molecular weight is 283 g/mol. The minimum absolute atomic E-state index is 0.0629. The molecule has 21 heavy (non-hydrogen) atoms. The predicted molar refractivity (Wildman–Crippen MR) is 78.3 cm³/mol. The zero-order valence-corrected chi connectivity index (χ0v) is 11.7. The van der Waals surface area contributed by atoms with Crippen molar-refractivity contribution in [3.05, 3.63) is 42.4 Å². The molecule has 2 amide bonds. The fourth-order valence-electron chi connectivity index (χ4n) is 2.63. The van der Waals surface area contributed by atoms with Gasteiger partial charge in [0.05, 0.1) is 12.0 Å². The molecule has 1 saturated heterocycles. The number of imide groups is 1. The fraction of sp³-hybridized carbons (Fsp3) is 0.312. The Kier molecular flexibility index (Phi) is 3.81. The molecule has 1 aromatic carbocycles. The molecule has 0 bridgehead atoms. The maximum atomic E-state index is 11.8. The van der Waals surface area contributed by atoms with Crippen molar-refractivity contribution in [2.75, 3.05) is 6.54 Å². The van der Waals surface area contributed by atoms with Crippen LogP contribution in [0.25, 0.3) is 11.3 Å². The number of amides is 2. The Balaban J connectivity index is 1.73. The minimum atomic E-state index is -0.0629. The van der Waals surface area contributed by atoms with Gasteiger partial charge in [-0.2, -0.15) is 0 Å². The highest BCUT2D eigenvalue weighted by molar-refractivity contribution is 5.97. The van der Waals surface area contributed by atoms with Crippen LogP contribution in [-0.2, 0) is 16.0 Å². The van der Waals surface area contributed by atoms with Gasteiger partial charge in [0.1, 0.15) is 0 Å². The Labute approximate surface area is 123 Å². The van der Waals surface area contributed by atoms with Gasteiger partial charge in [0.2, 0.25) is 11.8 Å². The lowest BCUT2D eigenvalue weighted by Crippen LogP contribution is -2.41. The van der Waals surface area contributed by atoms with E-state index in [-0.39, 0.29) is 11.8 Å². The fourth-order valence-corrected chi connectivity index (χ4v) is 2.63. The number of hydrogen-bond acceptors (Lipinski definition) is 3. The summed E-state index contributed by atoms with van der Waals surface area (Å²) in [5.41, 5.74) is 2.87. The minimum Gasteiger partial charge on any atom is -0.348 e. The molecule has 1 fully saturated rings. The van der Waals surface area contributed by atoms with Crippen molar-refractivity contribution in [3.63, 3.8) is 0 Å². The summed E-state index contributed by atoms with van der Waals surface area (Å²) < 4.78 is 0. The molecule has 0 saturated carbocycles. The summed E-state index contributed by atoms with van der Waals surface area (Å²) in [5, 5.41) is 0. The molecule has 108 valence electrons. The highest BCUT2D eigenvalue weighted by Crippen LogP contribution is 2.21. The van der Waals surface area contributed by atoms with Crippen LogP contribution in [0.5, 0.6) is 0 Å². The van der Waals surface area contributed by atoms with Gasteiger partial charge in [-0.1, -0.05) is 30.3 Å². The van der Waals surface area contributed by atoms with Gasteiger partial charge >= 0.3 is 0 Å². The number of piperidine rings is 1. The van der Waals surface area contributed by atoms with Crippen LogP contribution in [0.4, 0.5) is 0 Å². The summed E-state index contributed by atoms with van der Waals surface area (Å²) in [4.78, 5) is 32.4. The second-order valence-corrected chi connectivity index (χ2v) is 5.14. The molecule has 0 unspecified atom stereocenters. The van der Waals surface area contributed by atoms with E-state index in [2.05, 4.69) is 9.97 Å². The van der Waals surface area contributed by atoms with Crippen molar-refractivity contribution in [1.82, 2.24) is 14.9 Å². The third-order valence-corrected chi connectivity index (χ3v) is 3.73. The Hall–Kier alpha value is -2.43. The van der Waals surface area contributed by atoms with Crippen molar-refractivity contribution < 1.29 is 9.59 Å². The highest BCUT2D eigenvalue weighted by atomic mass is 16.2. The lowest BCUT2D eigenvalue weighted by Gasteiger charge is -2.24. The average Bonchev–Trinajstić information content (AvgIpc) is 2.96. The molecule has 0 aliphatic carbocycles. The first-order valence-electron chi connectivity index (χ1n) is 7.16. The molecule has 2 aromatic rings. The van der Waals surface area contributed by atoms with Gasteiger partial charge < -0.3 is 4.98 Å². The van der Waals surface area contributed by atoms with E-state index in [0.717, 1.165) is 17.0 Å². The van der Waals surface area contributed by atoms with Crippen LogP contribution in [0.3, 0.4) is 0 Å². The topological polar surface area (TPSA) is 66.1 Å². The zero-order valence-electron chi connectivity index (χ0n) is 11.7. The van der Waals surface area contributed by atoms with Gasteiger partial charge in [0, 0.05) is 37.1 Å². The van der Waals surface area contributed by atoms with E-state index in [4.69, 9.17) is 0 Å². The first kappa shape index (κ1) is 13.5. The highest BCUT2D eigenvalue weighted by Gasteiger charge is 2.25. The molecular weight excluding hydrogens is 266 g/mol. The van der Waals surface area contributed by atoms with Gasteiger partial charge in [-0.25, -0.2) is 4.98 Å². The van der Waals surface area contributed by atoms with Crippen LogP contribution < -0.4 is 0 Å². The lowest BCUT2D eigenvalue weighted by atomic mass is 10.1. The van der Waals surface area contributed by atoms with Gasteiger partial charge in [-0.05, 0) is 6.42 Å². The maximum Gasteiger partial charge on any atom is 0.229 e. The van der Waals surface area contributed by atoms with E-state index < -0.39 is 0 Å². The molecule has 0 spiro atoms. The third-order valence-electron chi connectivity index (χ3n) is 3.73. The van der Waals surface area contributed by atoms with Crippen LogP contribution in [0, 0.1) is 0 Å². The largest absolute Gasteiger partial charge is 0.348 e. The quantitative estimate of drug-likeness (QED) is 0.874. The number of aromatic nitrogens is 2. The van der Waals surface area contributed by atoms with E-state index in [1.807, 2.05) is 30.3 Å². The second kappa shape index (κ2) is 5.91. The van der Waals surface area contributed by atoms with Crippen molar-refractivity contribution in [2.45, 2.75) is 25.7 Å². The summed E-state index contributed by atoms with van der Waals surface area (Å²) in [5.74, 6) is -0.126. The number of rotatable bonds is 4. The summed E-state index contributed by atoms with van der Waals surface area (Å²) >= 11 is 0. The SMILES string of the molecule is O=C1CCCC(=O)N1CCc1[nH]cnc1-c1ccccc1. The predicted octanol–water partition coefficient (Wildman–Crippen LogP) is 2.16. The summed E-state index contributed by atoms with van der Waals surface area (Å²) in [6.07, 6.45) is 3.87. The standard InChI is InChI=1S/C16H17N3O2/c20-14-7-4-8-15(21)19(14)10-9-13-16(18-11-17-13)12-5-2-1-3-6-12/h1-3,5-6,11H,4,7-10H2,(H,17,18). The van der Waals surface area contributed by atoms with Crippen LogP contribution in [-0.4, -0.2) is 33.2 Å². The first-order chi connectivity index (χ1) is 10.3. The Bertz CT molecular complexity index is 633. The number of carbonyl (C=O) groups excluding carboxylic acids is 2. The molecule has 0 radical (unpaired) electrons. The molecule has 1 aliphatic heterocycles. The number of benzene rings is 1. The lowest BCUT2D eigenvalue weighted by molar-refractivity contribution is -0.147. The smallest absolute Gasteiger partial charge is 0.229 e. The number of likely N-dealkylation sites (tertiary alicyclic amines) is 1.